The normalized spacial score (nSPS) is 18.6. The Morgan fingerprint density at radius 2 is 0.685 bits per heavy atom. The monoisotopic (exact) mass is 1240 g/mol. The molecule has 3 fully saturated rings. The molecule has 3 aliphatic rings. The van der Waals surface area contributed by atoms with Crippen LogP contribution >= 0.6 is 0 Å². The molecule has 18 nitrogen and oxygen atoms in total. The number of amides is 4. The minimum absolute atomic E-state index is 0.0879. The highest BCUT2D eigenvalue weighted by atomic mass is 16.6. The molecule has 3 saturated heterocycles. The second-order valence-electron chi connectivity index (χ2n) is 30.6. The van der Waals surface area contributed by atoms with Gasteiger partial charge in [-0.15, -0.1) is 0 Å². The summed E-state index contributed by atoms with van der Waals surface area (Å²) in [4.78, 5) is 102. The van der Waals surface area contributed by atoms with Gasteiger partial charge in [0.25, 0.3) is 0 Å². The maximum absolute atomic E-state index is 14.6. The second kappa shape index (κ2) is 29.4. The number of nitrogens with zero attached hydrogens (tertiary/aromatic N) is 4. The van der Waals surface area contributed by atoms with Gasteiger partial charge in [0.15, 0.2) is 0 Å². The number of hydrogen-bond donors (Lipinski definition) is 0. The fraction of sp³-hybridized carbons (Fsp3) is 0.648. The molecule has 3 heterocycles. The number of rotatable bonds is 20. The van der Waals surface area contributed by atoms with Crippen LogP contribution in [0.25, 0.3) is 0 Å². The molecule has 0 aliphatic carbocycles. The van der Waals surface area contributed by atoms with Crippen LogP contribution in [0.1, 0.15) is 172 Å². The molecule has 6 atom stereocenters. The molecule has 4 amide bonds. The smallest absolute Gasteiger partial charge is 0.410 e. The maximum Gasteiger partial charge on any atom is 0.410 e. The van der Waals surface area contributed by atoms with Gasteiger partial charge in [0.05, 0.1) is 30.7 Å². The lowest BCUT2D eigenvalue weighted by atomic mass is 9.85. The van der Waals surface area contributed by atoms with Crippen molar-refractivity contribution >= 4 is 42.1 Å². The quantitative estimate of drug-likeness (QED) is 0.0765. The Morgan fingerprint density at radius 3 is 0.989 bits per heavy atom. The highest BCUT2D eigenvalue weighted by Crippen LogP contribution is 2.35. The van der Waals surface area contributed by atoms with Crippen LogP contribution in [0.5, 0.6) is 5.75 Å². The van der Waals surface area contributed by atoms with Crippen LogP contribution in [0.2, 0.25) is 0 Å². The molecule has 0 bridgehead atoms. The third-order valence-corrected chi connectivity index (χ3v) is 15.5. The summed E-state index contributed by atoms with van der Waals surface area (Å²) >= 11 is 0. The van der Waals surface area contributed by atoms with Crippen molar-refractivity contribution in [1.82, 2.24) is 19.6 Å². The van der Waals surface area contributed by atoms with Gasteiger partial charge in [-0.2, -0.15) is 0 Å². The van der Waals surface area contributed by atoms with E-state index in [1.807, 2.05) is 197 Å². The first kappa shape index (κ1) is 71.2. The molecule has 89 heavy (non-hydrogen) atoms. The highest BCUT2D eigenvalue weighted by molar-refractivity contribution is 5.79. The Hall–Kier alpha value is -6.85. The topological polar surface area (TPSA) is 197 Å². The number of esters is 3. The van der Waals surface area contributed by atoms with Gasteiger partial charge in [-0.1, -0.05) is 60.7 Å². The highest BCUT2D eigenvalue weighted by Gasteiger charge is 2.42. The van der Waals surface area contributed by atoms with Crippen molar-refractivity contribution in [2.24, 2.45) is 35.5 Å². The number of likely N-dealkylation sites (tertiary alicyclic amines) is 3. The molecular formula is C71H104N4O14. The van der Waals surface area contributed by atoms with Gasteiger partial charge >= 0.3 is 36.2 Å². The van der Waals surface area contributed by atoms with Crippen LogP contribution in [-0.4, -0.2) is 148 Å². The summed E-state index contributed by atoms with van der Waals surface area (Å²) in [5, 5.41) is 0. The van der Waals surface area contributed by atoms with Gasteiger partial charge in [0.1, 0.15) is 46.0 Å². The lowest BCUT2D eigenvalue weighted by molar-refractivity contribution is -0.163. The molecule has 492 valence electrons. The van der Waals surface area contributed by atoms with Crippen molar-refractivity contribution in [3.05, 3.63) is 101 Å². The maximum atomic E-state index is 14.6. The zero-order valence-electron chi connectivity index (χ0n) is 56.7. The first-order valence-corrected chi connectivity index (χ1v) is 31.9. The number of benzene rings is 3. The van der Waals surface area contributed by atoms with E-state index in [1.54, 1.807) is 19.6 Å². The van der Waals surface area contributed by atoms with Gasteiger partial charge in [0.2, 0.25) is 5.91 Å². The third-order valence-electron chi connectivity index (χ3n) is 15.5. The van der Waals surface area contributed by atoms with Gasteiger partial charge in [-0.25, -0.2) is 14.4 Å². The zero-order chi connectivity index (χ0) is 66.0. The first-order valence-electron chi connectivity index (χ1n) is 31.9. The Morgan fingerprint density at radius 1 is 0.404 bits per heavy atom. The molecule has 3 aliphatic heterocycles. The average molecular weight is 1240 g/mol. The summed E-state index contributed by atoms with van der Waals surface area (Å²) in [5.74, 6) is -2.45. The zero-order valence-corrected chi connectivity index (χ0v) is 56.7. The van der Waals surface area contributed by atoms with E-state index in [9.17, 15) is 33.6 Å². The van der Waals surface area contributed by atoms with Gasteiger partial charge in [-0.05, 0) is 221 Å². The molecular weight excluding hydrogens is 1130 g/mol. The van der Waals surface area contributed by atoms with Gasteiger partial charge in [-0.3, -0.25) is 19.2 Å². The van der Waals surface area contributed by atoms with Crippen molar-refractivity contribution in [2.45, 2.75) is 210 Å². The minimum Gasteiger partial charge on any atom is -0.492 e. The third kappa shape index (κ3) is 23.8. The fourth-order valence-corrected chi connectivity index (χ4v) is 11.4. The van der Waals surface area contributed by atoms with E-state index >= 15 is 0 Å². The molecule has 18 heteroatoms. The van der Waals surface area contributed by atoms with E-state index in [0.29, 0.717) is 83.5 Å². The van der Waals surface area contributed by atoms with Crippen LogP contribution < -0.4 is 4.74 Å². The Labute approximate surface area is 530 Å². The molecule has 0 saturated carbocycles. The van der Waals surface area contributed by atoms with Crippen molar-refractivity contribution < 1.29 is 66.7 Å². The largest absolute Gasteiger partial charge is 0.492 e. The summed E-state index contributed by atoms with van der Waals surface area (Å²) in [6.45, 7) is 36.3. The molecule has 3 aromatic rings. The lowest BCUT2D eigenvalue weighted by Crippen LogP contribution is -2.38. The Bertz CT molecular complexity index is 2880. The van der Waals surface area contributed by atoms with Crippen molar-refractivity contribution in [3.8, 4) is 5.75 Å². The molecule has 0 unspecified atom stereocenters. The summed E-state index contributed by atoms with van der Waals surface area (Å²) in [6, 6.07) is 23.2. The molecule has 0 radical (unpaired) electrons. The van der Waals surface area contributed by atoms with Gasteiger partial charge < -0.3 is 52.8 Å². The Balaban J connectivity index is 1.19. The van der Waals surface area contributed by atoms with E-state index in [0.717, 1.165) is 27.8 Å². The summed E-state index contributed by atoms with van der Waals surface area (Å²) < 4.78 is 41.2. The van der Waals surface area contributed by atoms with Crippen LogP contribution in [0.4, 0.5) is 14.4 Å². The van der Waals surface area contributed by atoms with Crippen LogP contribution in [0.15, 0.2) is 72.8 Å². The molecule has 3 aromatic carbocycles. The van der Waals surface area contributed by atoms with Crippen molar-refractivity contribution in [3.63, 3.8) is 0 Å². The first-order chi connectivity index (χ1) is 41.1. The summed E-state index contributed by atoms with van der Waals surface area (Å²) in [6.07, 6.45) is 1.96. The number of carbonyl (C=O) groups excluding carboxylic acids is 7. The van der Waals surface area contributed by atoms with Crippen LogP contribution in [0, 0.1) is 35.5 Å². The standard InChI is InChI=1S/C71H104N4O14/c1-66(2,3)84-60(77)56(52-31-34-73(44-52)63(80)87-69(10,11)12)39-47-19-21-50(22-20-47)42-59(76)72(43-51-25-23-48(24-26-51)40-57(61(78)85-67(4,5)6)53-32-35-74(45-53)64(81)88-70(13,14)15)37-38-83-55-29-27-49(28-30-55)41-58(62(79)86-68(7,8)9)54-33-36-75(46-54)65(82)89-71(16,17)18/h19-30,52-54,56-58H,31-46H2,1-18H3/t52-,53-,54-,56-,57-,58-/m0/s1. The van der Waals surface area contributed by atoms with E-state index in [1.165, 1.54) is 0 Å². The summed E-state index contributed by atoms with van der Waals surface area (Å²) in [7, 11) is 0. The number of carbonyl (C=O) groups is 7. The number of hydrogen-bond acceptors (Lipinski definition) is 14. The fourth-order valence-electron chi connectivity index (χ4n) is 11.4. The predicted molar refractivity (Wildman–Crippen MR) is 341 cm³/mol. The second-order valence-corrected chi connectivity index (χ2v) is 30.6. The molecule has 6 rings (SSSR count). The molecule has 0 spiro atoms. The molecule has 0 aromatic heterocycles. The average Bonchev–Trinajstić information content (AvgIpc) is 2.31. The lowest BCUT2D eigenvalue weighted by Gasteiger charge is -2.28. The van der Waals surface area contributed by atoms with Gasteiger partial charge in [0, 0.05) is 45.8 Å². The minimum atomic E-state index is -0.708. The van der Waals surface area contributed by atoms with E-state index in [4.69, 9.17) is 33.2 Å². The van der Waals surface area contributed by atoms with Crippen LogP contribution in [-0.2, 0) is 79.8 Å². The Kier molecular flexibility index (Phi) is 23.5. The summed E-state index contributed by atoms with van der Waals surface area (Å²) in [5.41, 5.74) is 0.311. The SMILES string of the molecule is CC(C)(C)OC(=O)[C@@H](Cc1ccc(CC(=O)N(CCOc2ccc(C[C@H](C(=O)OC(C)(C)C)[C@H]3CCN(C(=O)OC(C)(C)C)C3)cc2)Cc2ccc(C[C@H](C(=O)OC(C)(C)C)[C@H]3CCN(C(=O)OC(C)(C)C)C3)cc2)cc1)[C@H]1CCN(C(=O)OC(C)(C)C)C1. The van der Waals surface area contributed by atoms with E-state index in [2.05, 4.69) is 0 Å². The van der Waals surface area contributed by atoms with E-state index < -0.39 is 69.6 Å². The molecule has 0 N–H and O–H groups in total. The number of ether oxygens (including phenoxy) is 7. The predicted octanol–water partition coefficient (Wildman–Crippen LogP) is 12.6. The van der Waals surface area contributed by atoms with E-state index in [-0.39, 0.29) is 67.7 Å². The van der Waals surface area contributed by atoms with Crippen molar-refractivity contribution in [2.75, 3.05) is 52.4 Å². The van der Waals surface area contributed by atoms with Crippen molar-refractivity contribution in [1.29, 1.82) is 0 Å². The van der Waals surface area contributed by atoms with Crippen LogP contribution in [0.3, 0.4) is 0 Å².